The zero-order chi connectivity index (χ0) is 40.8. The fraction of sp³-hybridized carbons (Fsp3) is 0.564. The Morgan fingerprint density at radius 2 is 0.964 bits per heavy atom. The number of amides is 2. The first-order valence-electron chi connectivity index (χ1n) is 18.2. The fourth-order valence-corrected chi connectivity index (χ4v) is 3.95. The van der Waals surface area contributed by atoms with Crippen molar-refractivity contribution in [1.82, 2.24) is 10.6 Å². The quantitative estimate of drug-likeness (QED) is 0.0459. The van der Waals surface area contributed by atoms with Gasteiger partial charge in [0.1, 0.15) is 37.9 Å². The Hall–Kier alpha value is -5.09. The summed E-state index contributed by atoms with van der Waals surface area (Å²) in [4.78, 5) is 59.5. The molecule has 2 unspecified atom stereocenters. The van der Waals surface area contributed by atoms with Gasteiger partial charge in [-0.25, -0.2) is 24.0 Å². The molecule has 1 aromatic rings. The topological polar surface area (TPSA) is 192 Å². The lowest BCUT2D eigenvalue weighted by Crippen LogP contribution is -2.35. The third-order valence-electron chi connectivity index (χ3n) is 6.94. The molecule has 0 saturated carbocycles. The van der Waals surface area contributed by atoms with Crippen molar-refractivity contribution in [1.29, 1.82) is 0 Å². The highest BCUT2D eigenvalue weighted by Gasteiger charge is 2.19. The number of alkyl carbamates (subject to hydrolysis) is 2. The lowest BCUT2D eigenvalue weighted by atomic mass is 10.2. The standard InChI is InChI=1S/C39H58N2O14/c1-8-9-17-40-38(45)54-33(26-52-36(43)29(4)5)24-47-20-22-49-31-13-15-32(16-14-31)50-23-21-48-25-34(27-53-37(44)30(6)7)55-39(46)41-18-11-10-12-19-51-35(42)28(2)3/h13-16,33-34H,2,4,6,8-12,17-27H2,1,3,5,7H3,(H,40,45)(H,41,46). The molecule has 1 rings (SSSR count). The van der Waals surface area contributed by atoms with E-state index in [0.29, 0.717) is 43.0 Å². The number of carbonyl (C=O) groups is 5. The molecule has 16 nitrogen and oxygen atoms in total. The van der Waals surface area contributed by atoms with Crippen LogP contribution in [-0.4, -0.2) is 115 Å². The third kappa shape index (κ3) is 24.8. The number of carbonyl (C=O) groups excluding carboxylic acids is 5. The molecule has 0 fully saturated rings. The van der Waals surface area contributed by atoms with Gasteiger partial charge in [-0.05, 0) is 70.7 Å². The van der Waals surface area contributed by atoms with Gasteiger partial charge in [-0.15, -0.1) is 0 Å². The number of benzene rings is 1. The summed E-state index contributed by atoms with van der Waals surface area (Å²) in [6.45, 7) is 18.5. The van der Waals surface area contributed by atoms with Crippen LogP contribution in [0.4, 0.5) is 9.59 Å². The van der Waals surface area contributed by atoms with Crippen LogP contribution in [0.2, 0.25) is 0 Å². The largest absolute Gasteiger partial charge is 0.491 e. The summed E-state index contributed by atoms with van der Waals surface area (Å²) >= 11 is 0. The second-order valence-corrected chi connectivity index (χ2v) is 12.3. The van der Waals surface area contributed by atoms with E-state index in [0.717, 1.165) is 19.3 Å². The van der Waals surface area contributed by atoms with Crippen LogP contribution < -0.4 is 20.1 Å². The van der Waals surface area contributed by atoms with Crippen molar-refractivity contribution in [2.24, 2.45) is 0 Å². The molecule has 0 spiro atoms. The van der Waals surface area contributed by atoms with Gasteiger partial charge in [-0.1, -0.05) is 33.1 Å². The normalized spacial score (nSPS) is 11.6. The van der Waals surface area contributed by atoms with Crippen LogP contribution in [0.25, 0.3) is 0 Å². The van der Waals surface area contributed by atoms with Gasteiger partial charge in [0.15, 0.2) is 12.2 Å². The summed E-state index contributed by atoms with van der Waals surface area (Å²) < 4.78 is 48.7. The first-order valence-corrected chi connectivity index (χ1v) is 18.2. The number of rotatable bonds is 30. The number of esters is 3. The van der Waals surface area contributed by atoms with Crippen LogP contribution in [-0.2, 0) is 47.5 Å². The van der Waals surface area contributed by atoms with E-state index < -0.39 is 42.3 Å². The molecule has 16 heteroatoms. The van der Waals surface area contributed by atoms with Crippen LogP contribution in [0.15, 0.2) is 60.7 Å². The molecule has 0 aliphatic heterocycles. The van der Waals surface area contributed by atoms with Gasteiger partial charge in [0.2, 0.25) is 0 Å². The molecule has 0 saturated heterocycles. The Kier molecular flexibility index (Phi) is 25.5. The number of unbranched alkanes of at least 4 members (excludes halogenated alkanes) is 3. The summed E-state index contributed by atoms with van der Waals surface area (Å²) in [6.07, 6.45) is 0.701. The molecule has 2 amide bonds. The van der Waals surface area contributed by atoms with Gasteiger partial charge in [-0.2, -0.15) is 0 Å². The molecule has 308 valence electrons. The second-order valence-electron chi connectivity index (χ2n) is 12.3. The van der Waals surface area contributed by atoms with E-state index in [1.54, 1.807) is 31.2 Å². The van der Waals surface area contributed by atoms with Gasteiger partial charge < -0.3 is 53.3 Å². The van der Waals surface area contributed by atoms with Crippen LogP contribution in [0.1, 0.15) is 59.8 Å². The van der Waals surface area contributed by atoms with E-state index >= 15 is 0 Å². The lowest BCUT2D eigenvalue weighted by Gasteiger charge is -2.19. The van der Waals surface area contributed by atoms with Crippen molar-refractivity contribution in [2.45, 2.75) is 72.0 Å². The Bertz CT molecular complexity index is 1360. The monoisotopic (exact) mass is 778 g/mol. The average Bonchev–Trinajstić information content (AvgIpc) is 3.15. The highest BCUT2D eigenvalue weighted by molar-refractivity contribution is 5.87. The number of ether oxygens (including phenoxy) is 9. The first kappa shape index (κ1) is 47.9. The molecule has 0 aromatic heterocycles. The van der Waals surface area contributed by atoms with E-state index in [2.05, 4.69) is 30.4 Å². The minimum absolute atomic E-state index is 0.0123. The maximum Gasteiger partial charge on any atom is 0.407 e. The van der Waals surface area contributed by atoms with E-state index in [4.69, 9.17) is 42.6 Å². The smallest absolute Gasteiger partial charge is 0.407 e. The van der Waals surface area contributed by atoms with Crippen LogP contribution in [0.3, 0.4) is 0 Å². The summed E-state index contributed by atoms with van der Waals surface area (Å²) in [5.74, 6) is -0.518. The van der Waals surface area contributed by atoms with Crippen molar-refractivity contribution in [2.75, 3.05) is 72.6 Å². The van der Waals surface area contributed by atoms with Crippen LogP contribution in [0, 0.1) is 0 Å². The summed E-state index contributed by atoms with van der Waals surface area (Å²) in [7, 11) is 0. The number of hydrogen-bond donors (Lipinski definition) is 2. The van der Waals surface area contributed by atoms with Gasteiger partial charge in [-0.3, -0.25) is 0 Å². The molecule has 55 heavy (non-hydrogen) atoms. The molecule has 0 aliphatic rings. The van der Waals surface area contributed by atoms with E-state index in [-0.39, 0.29) is 70.6 Å². The van der Waals surface area contributed by atoms with Gasteiger partial charge in [0.05, 0.1) is 33.0 Å². The molecular formula is C39H58N2O14. The lowest BCUT2D eigenvalue weighted by molar-refractivity contribution is -0.144. The molecule has 2 atom stereocenters. The Morgan fingerprint density at radius 1 is 0.545 bits per heavy atom. The van der Waals surface area contributed by atoms with Crippen LogP contribution in [0.5, 0.6) is 11.5 Å². The maximum absolute atomic E-state index is 12.3. The van der Waals surface area contributed by atoms with Crippen molar-refractivity contribution in [3.63, 3.8) is 0 Å². The Balaban J connectivity index is 2.41. The molecule has 0 radical (unpaired) electrons. The molecule has 0 aliphatic carbocycles. The highest BCUT2D eigenvalue weighted by Crippen LogP contribution is 2.17. The average molecular weight is 779 g/mol. The Morgan fingerprint density at radius 3 is 1.38 bits per heavy atom. The van der Waals surface area contributed by atoms with E-state index in [1.165, 1.54) is 13.8 Å². The van der Waals surface area contributed by atoms with Gasteiger partial charge >= 0.3 is 30.1 Å². The third-order valence-corrected chi connectivity index (χ3v) is 6.94. The van der Waals surface area contributed by atoms with E-state index in [9.17, 15) is 24.0 Å². The highest BCUT2D eigenvalue weighted by atomic mass is 16.6. The van der Waals surface area contributed by atoms with Crippen LogP contribution >= 0.6 is 0 Å². The first-order chi connectivity index (χ1) is 26.3. The SMILES string of the molecule is C=C(C)C(=O)OCCCCCNC(=O)OC(COCCOc1ccc(OCCOCC(COC(=O)C(=C)C)OC(=O)NCCCC)cc1)COC(=O)C(=C)C. The second kappa shape index (κ2) is 29.3. The summed E-state index contributed by atoms with van der Waals surface area (Å²) in [5, 5.41) is 5.29. The van der Waals surface area contributed by atoms with Crippen molar-refractivity contribution >= 4 is 30.1 Å². The summed E-state index contributed by atoms with van der Waals surface area (Å²) in [5.41, 5.74) is 0.771. The maximum atomic E-state index is 12.3. The Labute approximate surface area is 323 Å². The van der Waals surface area contributed by atoms with Gasteiger partial charge in [0.25, 0.3) is 0 Å². The molecule has 0 heterocycles. The predicted octanol–water partition coefficient (Wildman–Crippen LogP) is 5.00. The molecule has 2 N–H and O–H groups in total. The number of nitrogens with one attached hydrogen (secondary N) is 2. The molecular weight excluding hydrogens is 720 g/mol. The van der Waals surface area contributed by atoms with Crippen molar-refractivity contribution < 1.29 is 66.6 Å². The summed E-state index contributed by atoms with van der Waals surface area (Å²) in [6, 6.07) is 6.87. The zero-order valence-corrected chi connectivity index (χ0v) is 32.6. The molecule has 1 aromatic carbocycles. The predicted molar refractivity (Wildman–Crippen MR) is 202 cm³/mol. The zero-order valence-electron chi connectivity index (χ0n) is 32.6. The minimum Gasteiger partial charge on any atom is -0.491 e. The van der Waals surface area contributed by atoms with Gasteiger partial charge in [0, 0.05) is 29.8 Å². The van der Waals surface area contributed by atoms with Crippen molar-refractivity contribution in [3.8, 4) is 11.5 Å². The van der Waals surface area contributed by atoms with Crippen molar-refractivity contribution in [3.05, 3.63) is 60.7 Å². The van der Waals surface area contributed by atoms with E-state index in [1.807, 2.05) is 6.92 Å². The minimum atomic E-state index is -0.877. The fourth-order valence-electron chi connectivity index (χ4n) is 3.95. The molecule has 0 bridgehead atoms. The number of hydrogen-bond acceptors (Lipinski definition) is 14.